The predicted molar refractivity (Wildman–Crippen MR) is 78.9 cm³/mol. The second kappa shape index (κ2) is 4.32. The Morgan fingerprint density at radius 2 is 1.90 bits per heavy atom. The molecule has 0 bridgehead atoms. The summed E-state index contributed by atoms with van der Waals surface area (Å²) >= 11 is 0. The maximum atomic E-state index is 10.3. The summed E-state index contributed by atoms with van der Waals surface area (Å²) in [5.74, 6) is 0.540. The molecule has 1 saturated carbocycles. The van der Waals surface area contributed by atoms with E-state index in [-0.39, 0.29) is 17.6 Å². The number of rotatable bonds is 0. The highest BCUT2D eigenvalue weighted by molar-refractivity contribution is 5.47. The van der Waals surface area contributed by atoms with Crippen molar-refractivity contribution in [2.45, 2.75) is 70.0 Å². The van der Waals surface area contributed by atoms with Crippen molar-refractivity contribution in [3.8, 4) is 0 Å². The van der Waals surface area contributed by atoms with E-state index in [0.29, 0.717) is 5.92 Å². The Bertz CT molecular complexity index is 551. The molecule has 0 radical (unpaired) electrons. The normalized spacial score (nSPS) is 39.0. The van der Waals surface area contributed by atoms with Crippen molar-refractivity contribution in [3.63, 3.8) is 0 Å². The molecule has 1 aromatic rings. The van der Waals surface area contributed by atoms with Gasteiger partial charge >= 0.3 is 0 Å². The molecular formula is C18H24O2. The average molecular weight is 272 g/mol. The molecule has 2 heteroatoms. The standard InChI is InChI=1S/C18H24O2/c1-18-9-8-14-13-5-3-12(19)10-11(13)2-4-15(14)16(18)6-7-17(18)20/h2,4,12,16-17,19-20H,3,5-10H2,1H3. The number of aliphatic hydroxyl groups is 2. The Kier molecular flexibility index (Phi) is 2.77. The molecule has 1 aromatic carbocycles. The Balaban J connectivity index is 1.80. The van der Waals surface area contributed by atoms with Crippen LogP contribution in [-0.2, 0) is 19.3 Å². The van der Waals surface area contributed by atoms with Crippen molar-refractivity contribution in [3.05, 3.63) is 34.4 Å². The molecule has 3 aliphatic carbocycles. The molecule has 2 N–H and O–H groups in total. The van der Waals surface area contributed by atoms with Crippen LogP contribution in [0.3, 0.4) is 0 Å². The van der Waals surface area contributed by atoms with Gasteiger partial charge in [0.05, 0.1) is 12.2 Å². The van der Waals surface area contributed by atoms with Crippen LogP contribution in [0, 0.1) is 5.41 Å². The topological polar surface area (TPSA) is 40.5 Å². The van der Waals surface area contributed by atoms with Gasteiger partial charge in [-0.2, -0.15) is 0 Å². The van der Waals surface area contributed by atoms with Gasteiger partial charge in [0.25, 0.3) is 0 Å². The monoisotopic (exact) mass is 272 g/mol. The molecule has 4 unspecified atom stereocenters. The van der Waals surface area contributed by atoms with Crippen LogP contribution in [0.5, 0.6) is 0 Å². The van der Waals surface area contributed by atoms with Crippen LogP contribution >= 0.6 is 0 Å². The average Bonchev–Trinajstić information content (AvgIpc) is 2.74. The smallest absolute Gasteiger partial charge is 0.0600 e. The van der Waals surface area contributed by atoms with E-state index in [1.54, 1.807) is 5.56 Å². The van der Waals surface area contributed by atoms with Gasteiger partial charge in [-0.25, -0.2) is 0 Å². The van der Waals surface area contributed by atoms with Crippen LogP contribution < -0.4 is 0 Å². The summed E-state index contributed by atoms with van der Waals surface area (Å²) in [5.41, 5.74) is 6.05. The molecule has 0 heterocycles. The zero-order valence-corrected chi connectivity index (χ0v) is 12.2. The first-order valence-electron chi connectivity index (χ1n) is 8.09. The highest BCUT2D eigenvalue weighted by Gasteiger charge is 2.49. The zero-order chi connectivity index (χ0) is 13.9. The van der Waals surface area contributed by atoms with Gasteiger partial charge in [0.15, 0.2) is 0 Å². The molecule has 4 rings (SSSR count). The van der Waals surface area contributed by atoms with Gasteiger partial charge in [-0.15, -0.1) is 0 Å². The largest absolute Gasteiger partial charge is 0.393 e. The molecule has 2 nitrogen and oxygen atoms in total. The van der Waals surface area contributed by atoms with Gasteiger partial charge in [-0.3, -0.25) is 0 Å². The van der Waals surface area contributed by atoms with Crippen molar-refractivity contribution in [1.29, 1.82) is 0 Å². The SMILES string of the molecule is CC12CCc3c(ccc4c3CCC(O)C4)C1CCC2O. The number of aliphatic hydroxyl groups excluding tert-OH is 2. The highest BCUT2D eigenvalue weighted by atomic mass is 16.3. The maximum Gasteiger partial charge on any atom is 0.0600 e. The van der Waals surface area contributed by atoms with E-state index in [9.17, 15) is 10.2 Å². The summed E-state index contributed by atoms with van der Waals surface area (Å²) in [5, 5.41) is 20.2. The van der Waals surface area contributed by atoms with Gasteiger partial charge in [0.2, 0.25) is 0 Å². The Hall–Kier alpha value is -0.860. The number of benzene rings is 1. The first kappa shape index (κ1) is 12.8. The fourth-order valence-electron chi connectivity index (χ4n) is 5.01. The summed E-state index contributed by atoms with van der Waals surface area (Å²) < 4.78 is 0. The lowest BCUT2D eigenvalue weighted by molar-refractivity contribution is 0.0455. The summed E-state index contributed by atoms with van der Waals surface area (Å²) in [7, 11) is 0. The molecule has 3 aliphatic rings. The third-order valence-corrected chi connectivity index (χ3v) is 6.32. The van der Waals surface area contributed by atoms with Crippen molar-refractivity contribution >= 4 is 0 Å². The van der Waals surface area contributed by atoms with Crippen molar-refractivity contribution in [1.82, 2.24) is 0 Å². The lowest BCUT2D eigenvalue weighted by Crippen LogP contribution is -2.36. The van der Waals surface area contributed by atoms with E-state index in [1.807, 2.05) is 0 Å². The van der Waals surface area contributed by atoms with E-state index in [4.69, 9.17) is 0 Å². The van der Waals surface area contributed by atoms with Gasteiger partial charge < -0.3 is 10.2 Å². The molecule has 108 valence electrons. The fourth-order valence-corrected chi connectivity index (χ4v) is 5.01. The molecule has 0 aromatic heterocycles. The minimum atomic E-state index is -0.150. The van der Waals surface area contributed by atoms with Gasteiger partial charge in [-0.05, 0) is 73.1 Å². The summed E-state index contributed by atoms with van der Waals surface area (Å²) in [6, 6.07) is 4.54. The number of fused-ring (bicyclic) bond motifs is 5. The maximum absolute atomic E-state index is 10.3. The van der Waals surface area contributed by atoms with Crippen LogP contribution in [-0.4, -0.2) is 22.4 Å². The first-order valence-corrected chi connectivity index (χ1v) is 8.09. The number of hydrogen-bond donors (Lipinski definition) is 2. The van der Waals surface area contributed by atoms with E-state index in [1.165, 1.54) is 16.7 Å². The third-order valence-electron chi connectivity index (χ3n) is 6.32. The molecular weight excluding hydrogens is 248 g/mol. The predicted octanol–water partition coefficient (Wildman–Crippen LogP) is 2.73. The van der Waals surface area contributed by atoms with Crippen LogP contribution in [0.25, 0.3) is 0 Å². The Morgan fingerprint density at radius 3 is 2.75 bits per heavy atom. The fraction of sp³-hybridized carbons (Fsp3) is 0.667. The van der Waals surface area contributed by atoms with Crippen LogP contribution in [0.4, 0.5) is 0 Å². The minimum Gasteiger partial charge on any atom is -0.393 e. The lowest BCUT2D eigenvalue weighted by atomic mass is 9.64. The van der Waals surface area contributed by atoms with Gasteiger partial charge in [0, 0.05) is 5.41 Å². The summed E-state index contributed by atoms with van der Waals surface area (Å²) in [4.78, 5) is 0. The van der Waals surface area contributed by atoms with Gasteiger partial charge in [-0.1, -0.05) is 19.1 Å². The van der Waals surface area contributed by atoms with Crippen LogP contribution in [0.1, 0.15) is 60.8 Å². The number of hydrogen-bond acceptors (Lipinski definition) is 2. The third kappa shape index (κ3) is 1.64. The van der Waals surface area contributed by atoms with E-state index in [2.05, 4.69) is 19.1 Å². The van der Waals surface area contributed by atoms with E-state index < -0.39 is 0 Å². The van der Waals surface area contributed by atoms with Crippen molar-refractivity contribution in [2.24, 2.45) is 5.41 Å². The second-order valence-corrected chi connectivity index (χ2v) is 7.32. The molecule has 0 saturated heterocycles. The Morgan fingerprint density at radius 1 is 1.05 bits per heavy atom. The quantitative estimate of drug-likeness (QED) is 0.762. The molecule has 0 amide bonds. The molecule has 0 aliphatic heterocycles. The van der Waals surface area contributed by atoms with E-state index >= 15 is 0 Å². The van der Waals surface area contributed by atoms with Gasteiger partial charge in [0.1, 0.15) is 0 Å². The lowest BCUT2D eigenvalue weighted by Gasteiger charge is -2.41. The molecule has 4 atom stereocenters. The van der Waals surface area contributed by atoms with Crippen molar-refractivity contribution < 1.29 is 10.2 Å². The minimum absolute atomic E-state index is 0.0927. The summed E-state index contributed by atoms with van der Waals surface area (Å²) in [6.45, 7) is 2.28. The van der Waals surface area contributed by atoms with Crippen LogP contribution in [0.15, 0.2) is 12.1 Å². The zero-order valence-electron chi connectivity index (χ0n) is 12.2. The summed E-state index contributed by atoms with van der Waals surface area (Å²) in [6.07, 6.45) is 6.81. The molecule has 0 spiro atoms. The Labute approximate surface area is 120 Å². The van der Waals surface area contributed by atoms with Crippen LogP contribution in [0.2, 0.25) is 0 Å². The molecule has 20 heavy (non-hydrogen) atoms. The van der Waals surface area contributed by atoms with Crippen molar-refractivity contribution in [2.75, 3.05) is 0 Å². The molecule has 1 fully saturated rings. The second-order valence-electron chi connectivity index (χ2n) is 7.32. The van der Waals surface area contributed by atoms with E-state index in [0.717, 1.165) is 44.9 Å². The highest BCUT2D eigenvalue weighted by Crippen LogP contribution is 2.56. The first-order chi connectivity index (χ1) is 9.59.